The summed E-state index contributed by atoms with van der Waals surface area (Å²) in [6.45, 7) is 2.67. The van der Waals surface area contributed by atoms with Gasteiger partial charge in [-0.15, -0.1) is 0 Å². The molecule has 1 heterocycles. The second kappa shape index (κ2) is 5.98. The van der Waals surface area contributed by atoms with Crippen molar-refractivity contribution in [3.63, 3.8) is 0 Å². The third kappa shape index (κ3) is 4.07. The molecule has 0 aromatic rings. The Bertz CT molecular complexity index is 178. The van der Waals surface area contributed by atoms with E-state index in [-0.39, 0.29) is 6.42 Å². The summed E-state index contributed by atoms with van der Waals surface area (Å²) < 4.78 is 5.29. The van der Waals surface area contributed by atoms with Gasteiger partial charge in [0.2, 0.25) is 0 Å². The van der Waals surface area contributed by atoms with E-state index in [9.17, 15) is 4.79 Å². The molecule has 1 aliphatic rings. The molecule has 0 saturated carbocycles. The number of carbonyl (C=O) groups is 1. The van der Waals surface area contributed by atoms with Crippen molar-refractivity contribution in [3.8, 4) is 0 Å². The third-order valence-electron chi connectivity index (χ3n) is 2.68. The van der Waals surface area contributed by atoms with Gasteiger partial charge in [0.25, 0.3) is 0 Å². The maximum atomic E-state index is 10.3. The standard InChI is InChI=1S/C10H19NO3/c1-11(9-5-7-14-8-9)6-3-2-4-10(12)13/h9H,2-8H2,1H3,(H,12,13). The average molecular weight is 201 g/mol. The van der Waals surface area contributed by atoms with Crippen LogP contribution in [0.15, 0.2) is 0 Å². The summed E-state index contributed by atoms with van der Waals surface area (Å²) in [6, 6.07) is 0.542. The van der Waals surface area contributed by atoms with Crippen molar-refractivity contribution >= 4 is 5.97 Å². The van der Waals surface area contributed by atoms with Crippen molar-refractivity contribution in [1.82, 2.24) is 4.90 Å². The Hall–Kier alpha value is -0.610. The number of rotatable bonds is 6. The van der Waals surface area contributed by atoms with Gasteiger partial charge in [-0.3, -0.25) is 4.79 Å². The minimum Gasteiger partial charge on any atom is -0.481 e. The van der Waals surface area contributed by atoms with Crippen molar-refractivity contribution in [2.75, 3.05) is 26.8 Å². The lowest BCUT2D eigenvalue weighted by molar-refractivity contribution is -0.137. The zero-order chi connectivity index (χ0) is 10.4. The second-order valence-electron chi connectivity index (χ2n) is 3.85. The monoisotopic (exact) mass is 201 g/mol. The van der Waals surface area contributed by atoms with Crippen LogP contribution < -0.4 is 0 Å². The van der Waals surface area contributed by atoms with Crippen LogP contribution in [0.3, 0.4) is 0 Å². The molecule has 1 N–H and O–H groups in total. The summed E-state index contributed by atoms with van der Waals surface area (Å²) in [5.74, 6) is -0.697. The van der Waals surface area contributed by atoms with Gasteiger partial charge in [0.1, 0.15) is 0 Å². The van der Waals surface area contributed by atoms with E-state index in [1.165, 1.54) is 0 Å². The molecule has 0 aliphatic carbocycles. The number of carboxylic acid groups (broad SMARTS) is 1. The fourth-order valence-electron chi connectivity index (χ4n) is 1.69. The molecule has 0 bridgehead atoms. The number of nitrogens with zero attached hydrogens (tertiary/aromatic N) is 1. The van der Waals surface area contributed by atoms with Gasteiger partial charge in [0, 0.05) is 19.1 Å². The highest BCUT2D eigenvalue weighted by molar-refractivity contribution is 5.66. The Balaban J connectivity index is 2.02. The van der Waals surface area contributed by atoms with Crippen molar-refractivity contribution in [2.45, 2.75) is 31.7 Å². The fraction of sp³-hybridized carbons (Fsp3) is 0.900. The summed E-state index contributed by atoms with van der Waals surface area (Å²) in [6.07, 6.45) is 3.12. The number of aliphatic carboxylic acids is 1. The van der Waals surface area contributed by atoms with E-state index in [1.54, 1.807) is 0 Å². The lowest BCUT2D eigenvalue weighted by Gasteiger charge is -2.22. The Kier molecular flexibility index (Phi) is 4.90. The first-order valence-corrected chi connectivity index (χ1v) is 5.20. The Morgan fingerprint density at radius 2 is 2.36 bits per heavy atom. The van der Waals surface area contributed by atoms with Crippen LogP contribution in [0.25, 0.3) is 0 Å². The molecule has 0 spiro atoms. The molecule has 1 saturated heterocycles. The normalized spacial score (nSPS) is 21.7. The SMILES string of the molecule is CN(CCCCC(=O)O)C1CCOC1. The maximum Gasteiger partial charge on any atom is 0.303 e. The molecule has 1 fully saturated rings. The topological polar surface area (TPSA) is 49.8 Å². The predicted octanol–water partition coefficient (Wildman–Crippen LogP) is 0.962. The summed E-state index contributed by atoms with van der Waals surface area (Å²) in [4.78, 5) is 12.5. The van der Waals surface area contributed by atoms with Gasteiger partial charge in [-0.2, -0.15) is 0 Å². The van der Waals surface area contributed by atoms with Crippen LogP contribution in [0, 0.1) is 0 Å². The number of hydrogen-bond acceptors (Lipinski definition) is 3. The predicted molar refractivity (Wildman–Crippen MR) is 53.3 cm³/mol. The molecule has 1 atom stereocenters. The first-order valence-electron chi connectivity index (χ1n) is 5.20. The van der Waals surface area contributed by atoms with Crippen LogP contribution >= 0.6 is 0 Å². The first-order chi connectivity index (χ1) is 6.70. The summed E-state index contributed by atoms with van der Waals surface area (Å²) >= 11 is 0. The molecule has 0 amide bonds. The van der Waals surface area contributed by atoms with Crippen LogP contribution in [0.2, 0.25) is 0 Å². The van der Waals surface area contributed by atoms with E-state index in [1.807, 2.05) is 0 Å². The van der Waals surface area contributed by atoms with Crippen LogP contribution in [0.4, 0.5) is 0 Å². The molecule has 0 aromatic heterocycles. The molecular weight excluding hydrogens is 182 g/mol. The Morgan fingerprint density at radius 3 is 2.93 bits per heavy atom. The molecule has 82 valence electrons. The van der Waals surface area contributed by atoms with Gasteiger partial charge in [-0.25, -0.2) is 0 Å². The van der Waals surface area contributed by atoms with Crippen molar-refractivity contribution in [2.24, 2.45) is 0 Å². The van der Waals surface area contributed by atoms with E-state index in [0.717, 1.165) is 39.0 Å². The zero-order valence-corrected chi connectivity index (χ0v) is 8.74. The van der Waals surface area contributed by atoms with Crippen molar-refractivity contribution in [1.29, 1.82) is 0 Å². The van der Waals surface area contributed by atoms with Gasteiger partial charge in [-0.05, 0) is 32.9 Å². The van der Waals surface area contributed by atoms with Gasteiger partial charge in [0.15, 0.2) is 0 Å². The molecule has 0 aromatic carbocycles. The summed E-state index contributed by atoms with van der Waals surface area (Å²) in [7, 11) is 2.08. The van der Waals surface area contributed by atoms with Crippen LogP contribution in [-0.2, 0) is 9.53 Å². The highest BCUT2D eigenvalue weighted by Crippen LogP contribution is 2.11. The lowest BCUT2D eigenvalue weighted by Crippen LogP contribution is -2.32. The van der Waals surface area contributed by atoms with Gasteiger partial charge in [0.05, 0.1) is 6.61 Å². The first kappa shape index (κ1) is 11.5. The summed E-state index contributed by atoms with van der Waals surface area (Å²) in [5.41, 5.74) is 0. The minimum atomic E-state index is -0.697. The van der Waals surface area contributed by atoms with Crippen LogP contribution in [-0.4, -0.2) is 48.8 Å². The lowest BCUT2D eigenvalue weighted by atomic mass is 10.2. The fourth-order valence-corrected chi connectivity index (χ4v) is 1.69. The molecule has 1 rings (SSSR count). The van der Waals surface area contributed by atoms with Crippen LogP contribution in [0.1, 0.15) is 25.7 Å². The molecule has 1 aliphatic heterocycles. The maximum absolute atomic E-state index is 10.3. The van der Waals surface area contributed by atoms with E-state index in [4.69, 9.17) is 9.84 Å². The van der Waals surface area contributed by atoms with E-state index < -0.39 is 5.97 Å². The van der Waals surface area contributed by atoms with E-state index in [2.05, 4.69) is 11.9 Å². The number of likely N-dealkylation sites (N-methyl/N-ethyl adjacent to an activating group) is 1. The largest absolute Gasteiger partial charge is 0.481 e. The van der Waals surface area contributed by atoms with E-state index in [0.29, 0.717) is 6.04 Å². The quantitative estimate of drug-likeness (QED) is 0.650. The highest BCUT2D eigenvalue weighted by atomic mass is 16.5. The molecular formula is C10H19NO3. The third-order valence-corrected chi connectivity index (χ3v) is 2.68. The molecule has 14 heavy (non-hydrogen) atoms. The minimum absolute atomic E-state index is 0.287. The summed E-state index contributed by atoms with van der Waals surface area (Å²) in [5, 5.41) is 8.46. The average Bonchev–Trinajstić information content (AvgIpc) is 2.64. The highest BCUT2D eigenvalue weighted by Gasteiger charge is 2.19. The molecule has 4 heteroatoms. The van der Waals surface area contributed by atoms with Gasteiger partial charge >= 0.3 is 5.97 Å². The number of carboxylic acids is 1. The smallest absolute Gasteiger partial charge is 0.303 e. The Labute approximate surface area is 84.8 Å². The zero-order valence-electron chi connectivity index (χ0n) is 8.74. The number of unbranched alkanes of at least 4 members (excludes halogenated alkanes) is 1. The van der Waals surface area contributed by atoms with Crippen molar-refractivity contribution in [3.05, 3.63) is 0 Å². The van der Waals surface area contributed by atoms with Crippen LogP contribution in [0.5, 0.6) is 0 Å². The molecule has 0 radical (unpaired) electrons. The number of ether oxygens (including phenoxy) is 1. The second-order valence-corrected chi connectivity index (χ2v) is 3.85. The van der Waals surface area contributed by atoms with Gasteiger partial charge in [-0.1, -0.05) is 0 Å². The molecule has 4 nitrogen and oxygen atoms in total. The molecule has 1 unspecified atom stereocenters. The van der Waals surface area contributed by atoms with Gasteiger partial charge < -0.3 is 14.7 Å². The van der Waals surface area contributed by atoms with Crippen molar-refractivity contribution < 1.29 is 14.6 Å². The Morgan fingerprint density at radius 1 is 1.57 bits per heavy atom. The number of hydrogen-bond donors (Lipinski definition) is 1. The van der Waals surface area contributed by atoms with E-state index >= 15 is 0 Å².